The normalized spacial score (nSPS) is 15.3. The number of rotatable bonds is 8. The zero-order valence-corrected chi connectivity index (χ0v) is 13.9. The number of nitrogens with one attached hydrogen (secondary N) is 1. The van der Waals surface area contributed by atoms with Gasteiger partial charge in [-0.2, -0.15) is 0 Å². The second-order valence-electron chi connectivity index (χ2n) is 6.42. The van der Waals surface area contributed by atoms with Crippen molar-refractivity contribution in [1.82, 2.24) is 14.9 Å². The van der Waals surface area contributed by atoms with E-state index in [1.807, 2.05) is 19.5 Å². The summed E-state index contributed by atoms with van der Waals surface area (Å²) in [7, 11) is 1.81. The van der Waals surface area contributed by atoms with Crippen molar-refractivity contribution >= 4 is 0 Å². The predicted molar refractivity (Wildman–Crippen MR) is 83.9 cm³/mol. The minimum Gasteiger partial charge on any atom is -0.379 e. The predicted octanol–water partition coefficient (Wildman–Crippen LogP) is 2.87. The van der Waals surface area contributed by atoms with Crippen molar-refractivity contribution in [3.8, 4) is 0 Å². The average molecular weight is 281 g/mol. The van der Waals surface area contributed by atoms with Crippen LogP contribution in [0.2, 0.25) is 0 Å². The summed E-state index contributed by atoms with van der Waals surface area (Å²) in [6, 6.07) is 0.285. The van der Waals surface area contributed by atoms with Crippen LogP contribution in [0.4, 0.5) is 0 Å². The maximum atomic E-state index is 5.80. The first-order valence-corrected chi connectivity index (χ1v) is 7.70. The monoisotopic (exact) mass is 281 g/mol. The number of hydrogen-bond donors (Lipinski definition) is 1. The van der Waals surface area contributed by atoms with Crippen LogP contribution in [0.3, 0.4) is 0 Å². The topological polar surface area (TPSA) is 39.1 Å². The molecule has 0 fully saturated rings. The molecule has 1 rings (SSSR count). The fraction of sp³-hybridized carbons (Fsp3) is 0.812. The molecular weight excluding hydrogens is 250 g/mol. The van der Waals surface area contributed by atoms with Gasteiger partial charge in [-0.1, -0.05) is 27.7 Å². The van der Waals surface area contributed by atoms with E-state index < -0.39 is 0 Å². The number of imidazole rings is 1. The molecule has 1 heterocycles. The van der Waals surface area contributed by atoms with Gasteiger partial charge in [0.1, 0.15) is 5.82 Å². The van der Waals surface area contributed by atoms with Gasteiger partial charge < -0.3 is 14.6 Å². The van der Waals surface area contributed by atoms with Crippen LogP contribution in [-0.4, -0.2) is 35.4 Å². The van der Waals surface area contributed by atoms with Gasteiger partial charge in [0.05, 0.1) is 6.10 Å². The van der Waals surface area contributed by atoms with Gasteiger partial charge in [-0.15, -0.1) is 0 Å². The summed E-state index contributed by atoms with van der Waals surface area (Å²) in [5, 5.41) is 3.64. The standard InChI is InChI=1S/C16H31N3O/c1-7-9-17-13(15(20-6)16(3,4)5)12-14-18-10-11-19(14)8-2/h10-11,13,15,17H,7-9,12H2,1-6H3. The Morgan fingerprint density at radius 1 is 1.35 bits per heavy atom. The first-order valence-electron chi connectivity index (χ1n) is 7.70. The summed E-state index contributed by atoms with van der Waals surface area (Å²) in [6.07, 6.45) is 6.12. The lowest BCUT2D eigenvalue weighted by molar-refractivity contribution is -0.0115. The van der Waals surface area contributed by atoms with E-state index in [9.17, 15) is 0 Å². The maximum Gasteiger partial charge on any atom is 0.110 e. The maximum absolute atomic E-state index is 5.80. The zero-order valence-electron chi connectivity index (χ0n) is 13.9. The number of aryl methyl sites for hydroxylation is 1. The lowest BCUT2D eigenvalue weighted by Gasteiger charge is -2.36. The quantitative estimate of drug-likeness (QED) is 0.796. The highest BCUT2D eigenvalue weighted by molar-refractivity contribution is 4.99. The van der Waals surface area contributed by atoms with Gasteiger partial charge in [-0.3, -0.25) is 0 Å². The van der Waals surface area contributed by atoms with Crippen LogP contribution >= 0.6 is 0 Å². The average Bonchev–Trinajstić information content (AvgIpc) is 2.82. The molecular formula is C16H31N3O. The summed E-state index contributed by atoms with van der Waals surface area (Å²) >= 11 is 0. The molecule has 2 atom stereocenters. The van der Waals surface area contributed by atoms with Gasteiger partial charge in [-0.05, 0) is 25.3 Å². The summed E-state index contributed by atoms with van der Waals surface area (Å²) in [5.41, 5.74) is 0.101. The van der Waals surface area contributed by atoms with Gasteiger partial charge in [0.2, 0.25) is 0 Å². The Hall–Kier alpha value is -0.870. The van der Waals surface area contributed by atoms with Crippen LogP contribution in [-0.2, 0) is 17.7 Å². The van der Waals surface area contributed by atoms with Crippen molar-refractivity contribution < 1.29 is 4.74 Å². The minimum absolute atomic E-state index is 0.101. The zero-order chi connectivity index (χ0) is 15.2. The molecule has 1 aromatic heterocycles. The smallest absolute Gasteiger partial charge is 0.110 e. The fourth-order valence-corrected chi connectivity index (χ4v) is 2.75. The number of aromatic nitrogens is 2. The minimum atomic E-state index is 0.101. The van der Waals surface area contributed by atoms with Crippen molar-refractivity contribution in [2.45, 2.75) is 66.2 Å². The van der Waals surface area contributed by atoms with Gasteiger partial charge in [0.25, 0.3) is 0 Å². The van der Waals surface area contributed by atoms with Crippen LogP contribution in [0, 0.1) is 5.41 Å². The van der Waals surface area contributed by atoms with E-state index in [4.69, 9.17) is 4.74 Å². The van der Waals surface area contributed by atoms with Crippen molar-refractivity contribution in [2.24, 2.45) is 5.41 Å². The molecule has 4 heteroatoms. The van der Waals surface area contributed by atoms with E-state index in [-0.39, 0.29) is 17.6 Å². The molecule has 0 saturated carbocycles. The largest absolute Gasteiger partial charge is 0.379 e. The molecule has 2 unspecified atom stereocenters. The van der Waals surface area contributed by atoms with Crippen molar-refractivity contribution in [3.05, 3.63) is 18.2 Å². The Morgan fingerprint density at radius 2 is 2.05 bits per heavy atom. The Kier molecular flexibility index (Phi) is 6.69. The van der Waals surface area contributed by atoms with Crippen molar-refractivity contribution in [3.63, 3.8) is 0 Å². The molecule has 0 bridgehead atoms. The van der Waals surface area contributed by atoms with Crippen molar-refractivity contribution in [1.29, 1.82) is 0 Å². The third-order valence-corrected chi connectivity index (χ3v) is 3.67. The first kappa shape index (κ1) is 17.2. The van der Waals surface area contributed by atoms with Crippen LogP contribution in [0.15, 0.2) is 12.4 Å². The van der Waals surface area contributed by atoms with Crippen LogP contribution in [0.1, 0.15) is 46.9 Å². The molecule has 20 heavy (non-hydrogen) atoms. The summed E-state index contributed by atoms with van der Waals surface area (Å²) in [6.45, 7) is 13.0. The van der Waals surface area contributed by atoms with Crippen LogP contribution in [0.25, 0.3) is 0 Å². The van der Waals surface area contributed by atoms with Gasteiger partial charge >= 0.3 is 0 Å². The van der Waals surface area contributed by atoms with Gasteiger partial charge in [0, 0.05) is 38.5 Å². The third kappa shape index (κ3) is 4.60. The highest BCUT2D eigenvalue weighted by Gasteiger charge is 2.32. The highest BCUT2D eigenvalue weighted by atomic mass is 16.5. The SMILES string of the molecule is CCCNC(Cc1nccn1CC)C(OC)C(C)(C)C. The highest BCUT2D eigenvalue weighted by Crippen LogP contribution is 2.26. The van der Waals surface area contributed by atoms with Gasteiger partial charge in [0.15, 0.2) is 0 Å². The second-order valence-corrected chi connectivity index (χ2v) is 6.42. The Morgan fingerprint density at radius 3 is 2.55 bits per heavy atom. The first-order chi connectivity index (χ1) is 9.43. The van der Waals surface area contributed by atoms with Crippen LogP contribution in [0.5, 0.6) is 0 Å². The van der Waals surface area contributed by atoms with E-state index >= 15 is 0 Å². The molecule has 0 aromatic carbocycles. The summed E-state index contributed by atoms with van der Waals surface area (Å²) in [5.74, 6) is 1.13. The van der Waals surface area contributed by atoms with E-state index in [1.165, 1.54) is 0 Å². The van der Waals surface area contributed by atoms with E-state index in [2.05, 4.69) is 49.5 Å². The number of ether oxygens (including phenoxy) is 1. The van der Waals surface area contributed by atoms with Gasteiger partial charge in [-0.25, -0.2) is 4.98 Å². The number of nitrogens with zero attached hydrogens (tertiary/aromatic N) is 2. The Bertz CT molecular complexity index is 381. The molecule has 4 nitrogen and oxygen atoms in total. The van der Waals surface area contributed by atoms with E-state index in [0.717, 1.165) is 31.8 Å². The third-order valence-electron chi connectivity index (χ3n) is 3.67. The molecule has 1 N–H and O–H groups in total. The molecule has 0 saturated heterocycles. The number of methoxy groups -OCH3 is 1. The molecule has 0 aliphatic rings. The molecule has 0 amide bonds. The Labute approximate surface area is 123 Å². The fourth-order valence-electron chi connectivity index (χ4n) is 2.75. The van der Waals surface area contributed by atoms with E-state index in [0.29, 0.717) is 0 Å². The molecule has 116 valence electrons. The summed E-state index contributed by atoms with van der Waals surface area (Å²) < 4.78 is 8.00. The van der Waals surface area contributed by atoms with E-state index in [1.54, 1.807) is 0 Å². The lowest BCUT2D eigenvalue weighted by atomic mass is 9.83. The molecule has 0 radical (unpaired) electrons. The summed E-state index contributed by atoms with van der Waals surface area (Å²) in [4.78, 5) is 4.50. The molecule has 0 spiro atoms. The Balaban J connectivity index is 2.88. The molecule has 1 aromatic rings. The molecule has 0 aliphatic heterocycles. The number of hydrogen-bond acceptors (Lipinski definition) is 3. The lowest BCUT2D eigenvalue weighted by Crippen LogP contribution is -2.49. The van der Waals surface area contributed by atoms with Crippen molar-refractivity contribution in [2.75, 3.05) is 13.7 Å². The molecule has 0 aliphatic carbocycles. The van der Waals surface area contributed by atoms with Crippen LogP contribution < -0.4 is 5.32 Å². The second kappa shape index (κ2) is 7.79.